The largest absolute Gasteiger partial charge is 0.489 e. The predicted octanol–water partition coefficient (Wildman–Crippen LogP) is 1.62. The minimum atomic E-state index is -1.00. The summed E-state index contributed by atoms with van der Waals surface area (Å²) in [6, 6.07) is 14.9. The lowest BCUT2D eigenvalue weighted by Gasteiger charge is -2.07. The lowest BCUT2D eigenvalue weighted by Crippen LogP contribution is -2.37. The van der Waals surface area contributed by atoms with Crippen molar-refractivity contribution in [1.82, 2.24) is 5.32 Å². The zero-order valence-electron chi connectivity index (χ0n) is 12.7. The average Bonchev–Trinajstić information content (AvgIpc) is 2.58. The first-order chi connectivity index (χ1) is 11.5. The van der Waals surface area contributed by atoms with E-state index >= 15 is 0 Å². The maximum absolute atomic E-state index is 11.8. The molecule has 0 fully saturated rings. The molecule has 0 aliphatic heterocycles. The maximum atomic E-state index is 11.8. The van der Waals surface area contributed by atoms with Gasteiger partial charge in [-0.1, -0.05) is 30.3 Å². The molecule has 124 valence electrons. The van der Waals surface area contributed by atoms with Gasteiger partial charge in [-0.25, -0.2) is 9.59 Å². The highest BCUT2D eigenvalue weighted by Gasteiger charge is 2.11. The van der Waals surface area contributed by atoms with Crippen molar-refractivity contribution in [3.8, 4) is 5.75 Å². The Bertz CT molecular complexity index is 714. The van der Waals surface area contributed by atoms with Gasteiger partial charge >= 0.3 is 12.0 Å². The fourth-order valence-electron chi connectivity index (χ4n) is 1.81. The predicted molar refractivity (Wildman–Crippen MR) is 85.2 cm³/mol. The van der Waals surface area contributed by atoms with Gasteiger partial charge < -0.3 is 15.2 Å². The number of nitrogens with two attached hydrogens (primary N) is 1. The second kappa shape index (κ2) is 8.33. The Morgan fingerprint density at radius 1 is 0.958 bits per heavy atom. The Morgan fingerprint density at radius 3 is 2.25 bits per heavy atom. The SMILES string of the molecule is NC(=O)NC(=O)COC(=O)c1ccc(COc2ccccc2)cc1. The van der Waals surface area contributed by atoms with Crippen LogP contribution >= 0.6 is 0 Å². The Balaban J connectivity index is 1.83. The van der Waals surface area contributed by atoms with Gasteiger partial charge in [0, 0.05) is 0 Å². The third-order valence-corrected chi connectivity index (χ3v) is 2.94. The molecule has 0 saturated heterocycles. The molecule has 24 heavy (non-hydrogen) atoms. The van der Waals surface area contributed by atoms with E-state index in [-0.39, 0.29) is 5.56 Å². The number of carbonyl (C=O) groups is 3. The van der Waals surface area contributed by atoms with Crippen molar-refractivity contribution in [3.63, 3.8) is 0 Å². The number of rotatable bonds is 6. The number of primary amides is 1. The lowest BCUT2D eigenvalue weighted by atomic mass is 10.1. The van der Waals surface area contributed by atoms with Crippen molar-refractivity contribution in [1.29, 1.82) is 0 Å². The highest BCUT2D eigenvalue weighted by atomic mass is 16.5. The van der Waals surface area contributed by atoms with Crippen molar-refractivity contribution in [2.24, 2.45) is 5.73 Å². The molecule has 0 aromatic heterocycles. The second-order valence-corrected chi connectivity index (χ2v) is 4.79. The summed E-state index contributed by atoms with van der Waals surface area (Å²) in [6.45, 7) is -0.221. The molecule has 0 spiro atoms. The summed E-state index contributed by atoms with van der Waals surface area (Å²) in [5.74, 6) is -0.713. The molecule has 2 rings (SSSR count). The van der Waals surface area contributed by atoms with Gasteiger partial charge in [-0.05, 0) is 29.8 Å². The fraction of sp³-hybridized carbons (Fsp3) is 0.118. The summed E-state index contributed by atoms with van der Waals surface area (Å²) in [4.78, 5) is 33.4. The van der Waals surface area contributed by atoms with Gasteiger partial charge in [-0.2, -0.15) is 0 Å². The Labute approximate surface area is 138 Å². The number of para-hydroxylation sites is 1. The second-order valence-electron chi connectivity index (χ2n) is 4.79. The highest BCUT2D eigenvalue weighted by molar-refractivity contribution is 5.96. The zero-order valence-corrected chi connectivity index (χ0v) is 12.7. The van der Waals surface area contributed by atoms with Crippen LogP contribution in [0.4, 0.5) is 4.79 Å². The van der Waals surface area contributed by atoms with Crippen LogP contribution in [0.2, 0.25) is 0 Å². The van der Waals surface area contributed by atoms with E-state index in [1.807, 2.05) is 30.3 Å². The number of imide groups is 1. The van der Waals surface area contributed by atoms with Crippen molar-refractivity contribution in [2.45, 2.75) is 6.61 Å². The number of urea groups is 1. The third-order valence-electron chi connectivity index (χ3n) is 2.94. The maximum Gasteiger partial charge on any atom is 0.338 e. The molecule has 0 saturated carbocycles. The lowest BCUT2D eigenvalue weighted by molar-refractivity contribution is -0.123. The van der Waals surface area contributed by atoms with E-state index in [1.165, 1.54) is 0 Å². The van der Waals surface area contributed by atoms with Gasteiger partial charge in [-0.15, -0.1) is 0 Å². The van der Waals surface area contributed by atoms with Gasteiger partial charge in [0.25, 0.3) is 5.91 Å². The minimum Gasteiger partial charge on any atom is -0.489 e. The molecule has 0 aliphatic carbocycles. The van der Waals surface area contributed by atoms with Crippen LogP contribution in [0.25, 0.3) is 0 Å². The molecular formula is C17H16N2O5. The smallest absolute Gasteiger partial charge is 0.338 e. The summed E-state index contributed by atoms with van der Waals surface area (Å²) in [7, 11) is 0. The Morgan fingerprint density at radius 2 is 1.62 bits per heavy atom. The van der Waals surface area contributed by atoms with Crippen LogP contribution in [0.1, 0.15) is 15.9 Å². The van der Waals surface area contributed by atoms with Gasteiger partial charge in [0.05, 0.1) is 5.56 Å². The number of esters is 1. The van der Waals surface area contributed by atoms with Crippen LogP contribution in [-0.4, -0.2) is 24.5 Å². The van der Waals surface area contributed by atoms with Crippen LogP contribution in [-0.2, 0) is 16.1 Å². The van der Waals surface area contributed by atoms with Crippen LogP contribution in [0.15, 0.2) is 54.6 Å². The monoisotopic (exact) mass is 328 g/mol. The van der Waals surface area contributed by atoms with E-state index in [0.29, 0.717) is 6.61 Å². The Kier molecular flexibility index (Phi) is 5.90. The van der Waals surface area contributed by atoms with Crippen LogP contribution in [0, 0.1) is 0 Å². The number of nitrogens with one attached hydrogen (secondary N) is 1. The standard InChI is InChI=1S/C17H16N2O5/c18-17(22)19-15(20)11-24-16(21)13-8-6-12(7-9-13)10-23-14-4-2-1-3-5-14/h1-9H,10-11H2,(H3,18,19,20,22). The number of hydrogen-bond donors (Lipinski definition) is 2. The molecule has 2 aromatic carbocycles. The van der Waals surface area contributed by atoms with Crippen LogP contribution in [0.5, 0.6) is 5.75 Å². The highest BCUT2D eigenvalue weighted by Crippen LogP contribution is 2.12. The topological polar surface area (TPSA) is 108 Å². The first-order valence-corrected chi connectivity index (χ1v) is 7.08. The molecule has 7 heteroatoms. The summed E-state index contributed by atoms with van der Waals surface area (Å²) >= 11 is 0. The third kappa shape index (κ3) is 5.45. The molecule has 0 unspecified atom stereocenters. The molecule has 3 amide bonds. The number of ether oxygens (including phenoxy) is 2. The minimum absolute atomic E-state index is 0.283. The molecule has 0 heterocycles. The number of benzene rings is 2. The normalized spacial score (nSPS) is 9.83. The molecule has 2 aromatic rings. The number of amides is 3. The van der Waals surface area contributed by atoms with E-state index in [2.05, 4.69) is 0 Å². The average molecular weight is 328 g/mol. The van der Waals surface area contributed by atoms with Crippen molar-refractivity contribution >= 4 is 17.9 Å². The van der Waals surface area contributed by atoms with E-state index < -0.39 is 24.5 Å². The van der Waals surface area contributed by atoms with E-state index in [1.54, 1.807) is 29.6 Å². The molecular weight excluding hydrogens is 312 g/mol. The van der Waals surface area contributed by atoms with E-state index in [9.17, 15) is 14.4 Å². The Hall–Kier alpha value is -3.35. The quantitative estimate of drug-likeness (QED) is 0.783. The van der Waals surface area contributed by atoms with Gasteiger partial charge in [0.2, 0.25) is 0 Å². The summed E-state index contributed by atoms with van der Waals surface area (Å²) in [5, 5.41) is 1.80. The summed E-state index contributed by atoms with van der Waals surface area (Å²) in [6.07, 6.45) is 0. The summed E-state index contributed by atoms with van der Waals surface area (Å²) < 4.78 is 10.4. The van der Waals surface area contributed by atoms with Gasteiger partial charge in [0.15, 0.2) is 6.61 Å². The fourth-order valence-corrected chi connectivity index (χ4v) is 1.81. The number of hydrogen-bond acceptors (Lipinski definition) is 5. The molecule has 0 bridgehead atoms. The van der Waals surface area contributed by atoms with Gasteiger partial charge in [0.1, 0.15) is 12.4 Å². The van der Waals surface area contributed by atoms with Gasteiger partial charge in [-0.3, -0.25) is 10.1 Å². The first-order valence-electron chi connectivity index (χ1n) is 7.08. The molecule has 0 radical (unpaired) electrons. The van der Waals surface area contributed by atoms with Crippen molar-refractivity contribution < 1.29 is 23.9 Å². The van der Waals surface area contributed by atoms with Crippen LogP contribution in [0.3, 0.4) is 0 Å². The van der Waals surface area contributed by atoms with Crippen molar-refractivity contribution in [2.75, 3.05) is 6.61 Å². The van der Waals surface area contributed by atoms with E-state index in [4.69, 9.17) is 15.2 Å². The number of carbonyl (C=O) groups excluding carboxylic acids is 3. The summed E-state index contributed by atoms with van der Waals surface area (Å²) in [5.41, 5.74) is 5.93. The van der Waals surface area contributed by atoms with E-state index in [0.717, 1.165) is 11.3 Å². The molecule has 0 aliphatic rings. The van der Waals surface area contributed by atoms with Crippen molar-refractivity contribution in [3.05, 3.63) is 65.7 Å². The zero-order chi connectivity index (χ0) is 17.4. The first kappa shape index (κ1) is 17.0. The molecule has 0 atom stereocenters. The molecule has 7 nitrogen and oxygen atoms in total. The molecule has 3 N–H and O–H groups in total. The van der Waals surface area contributed by atoms with Crippen LogP contribution < -0.4 is 15.8 Å².